The lowest BCUT2D eigenvalue weighted by Gasteiger charge is -2.21. The van der Waals surface area contributed by atoms with Gasteiger partial charge in [0.1, 0.15) is 6.04 Å². The summed E-state index contributed by atoms with van der Waals surface area (Å²) < 4.78 is 0. The lowest BCUT2D eigenvalue weighted by Crippen LogP contribution is -2.40. The summed E-state index contributed by atoms with van der Waals surface area (Å²) in [6.45, 7) is 2.22. The van der Waals surface area contributed by atoms with Gasteiger partial charge in [0.25, 0.3) is 5.91 Å². The Bertz CT molecular complexity index is 504. The molecular weight excluding hydrogens is 256 g/mol. The van der Waals surface area contributed by atoms with Crippen LogP contribution >= 0.6 is 11.6 Å². The number of carboxylic acids is 1. The van der Waals surface area contributed by atoms with Crippen molar-refractivity contribution in [2.24, 2.45) is 0 Å². The minimum atomic E-state index is -0.975. The summed E-state index contributed by atoms with van der Waals surface area (Å²) in [5, 5.41) is 9.36. The largest absolute Gasteiger partial charge is 0.480 e. The highest BCUT2D eigenvalue weighted by Gasteiger charge is 2.35. The predicted octanol–water partition coefficient (Wildman–Crippen LogP) is 1.73. The van der Waals surface area contributed by atoms with Crippen molar-refractivity contribution in [3.8, 4) is 0 Å². The Hall–Kier alpha value is -1.62. The van der Waals surface area contributed by atoms with Crippen LogP contribution in [0.25, 0.3) is 0 Å². The Kier molecular flexibility index (Phi) is 3.52. The SMILES string of the molecule is Cc1cc(Cl)c(C(=O)N2CCC[C@@H]2C(=O)O)cn1. The van der Waals surface area contributed by atoms with Gasteiger partial charge in [-0.2, -0.15) is 0 Å². The van der Waals surface area contributed by atoms with E-state index in [1.54, 1.807) is 13.0 Å². The van der Waals surface area contributed by atoms with Crippen molar-refractivity contribution in [3.05, 3.63) is 28.5 Å². The normalized spacial score (nSPS) is 19.0. The monoisotopic (exact) mass is 268 g/mol. The third-order valence-electron chi connectivity index (χ3n) is 3.02. The molecule has 96 valence electrons. The molecule has 0 aromatic carbocycles. The van der Waals surface area contributed by atoms with Crippen LogP contribution in [-0.2, 0) is 4.79 Å². The number of amides is 1. The number of nitrogens with zero attached hydrogens (tertiary/aromatic N) is 2. The highest BCUT2D eigenvalue weighted by Crippen LogP contribution is 2.23. The average Bonchev–Trinajstić information content (AvgIpc) is 2.77. The fraction of sp³-hybridized carbons (Fsp3) is 0.417. The molecule has 18 heavy (non-hydrogen) atoms. The standard InChI is InChI=1S/C12H13ClN2O3/c1-7-5-9(13)8(6-14-7)11(16)15-4-2-3-10(15)12(17)18/h5-6,10H,2-4H2,1H3,(H,17,18)/t10-/m1/s1. The lowest BCUT2D eigenvalue weighted by atomic mass is 10.2. The molecule has 2 rings (SSSR count). The van der Waals surface area contributed by atoms with Crippen molar-refractivity contribution < 1.29 is 14.7 Å². The molecule has 1 atom stereocenters. The van der Waals surface area contributed by atoms with Gasteiger partial charge in [-0.25, -0.2) is 4.79 Å². The molecule has 0 unspecified atom stereocenters. The Labute approximate surface area is 109 Å². The number of halogens is 1. The van der Waals surface area contributed by atoms with Gasteiger partial charge >= 0.3 is 5.97 Å². The van der Waals surface area contributed by atoms with Crippen LogP contribution in [-0.4, -0.2) is 39.5 Å². The first kappa shape index (κ1) is 12.8. The highest BCUT2D eigenvalue weighted by atomic mass is 35.5. The molecule has 1 aliphatic heterocycles. The molecule has 1 fully saturated rings. The summed E-state index contributed by atoms with van der Waals surface area (Å²) in [6.07, 6.45) is 2.58. The number of aliphatic carboxylic acids is 1. The molecule has 1 saturated heterocycles. The van der Waals surface area contributed by atoms with E-state index in [1.165, 1.54) is 11.1 Å². The van der Waals surface area contributed by atoms with Gasteiger partial charge in [0, 0.05) is 18.4 Å². The fourth-order valence-corrected chi connectivity index (χ4v) is 2.39. The molecule has 0 spiro atoms. The molecule has 0 bridgehead atoms. The summed E-state index contributed by atoms with van der Waals surface area (Å²) in [5.74, 6) is -1.34. The minimum Gasteiger partial charge on any atom is -0.480 e. The van der Waals surface area contributed by atoms with Gasteiger partial charge in [-0.05, 0) is 25.8 Å². The highest BCUT2D eigenvalue weighted by molar-refractivity contribution is 6.33. The average molecular weight is 269 g/mol. The van der Waals surface area contributed by atoms with Crippen LogP contribution in [0.5, 0.6) is 0 Å². The topological polar surface area (TPSA) is 70.5 Å². The Morgan fingerprint density at radius 2 is 2.28 bits per heavy atom. The van der Waals surface area contributed by atoms with Gasteiger partial charge in [-0.3, -0.25) is 9.78 Å². The van der Waals surface area contributed by atoms with Crippen molar-refractivity contribution in [1.29, 1.82) is 0 Å². The van der Waals surface area contributed by atoms with Crippen LogP contribution < -0.4 is 0 Å². The van der Waals surface area contributed by atoms with Crippen molar-refractivity contribution in [1.82, 2.24) is 9.88 Å². The van der Waals surface area contributed by atoms with Gasteiger partial charge in [0.15, 0.2) is 0 Å². The second-order valence-electron chi connectivity index (χ2n) is 4.30. The molecule has 1 amide bonds. The lowest BCUT2D eigenvalue weighted by molar-refractivity contribution is -0.141. The molecule has 5 nitrogen and oxygen atoms in total. The van der Waals surface area contributed by atoms with Crippen LogP contribution in [0.4, 0.5) is 0 Å². The number of aromatic nitrogens is 1. The van der Waals surface area contributed by atoms with Gasteiger partial charge < -0.3 is 10.0 Å². The number of carboxylic acid groups (broad SMARTS) is 1. The molecule has 0 aliphatic carbocycles. The van der Waals surface area contributed by atoms with Crippen molar-refractivity contribution in [3.63, 3.8) is 0 Å². The first-order valence-electron chi connectivity index (χ1n) is 5.66. The minimum absolute atomic E-state index is 0.260. The van der Waals surface area contributed by atoms with Gasteiger partial charge in [0.05, 0.1) is 10.6 Å². The maximum absolute atomic E-state index is 12.2. The van der Waals surface area contributed by atoms with Crippen LogP contribution in [0.15, 0.2) is 12.3 Å². The summed E-state index contributed by atoms with van der Waals surface area (Å²) in [6, 6.07) is 0.843. The molecule has 1 N–H and O–H groups in total. The zero-order valence-corrected chi connectivity index (χ0v) is 10.6. The van der Waals surface area contributed by atoms with Crippen LogP contribution in [0.2, 0.25) is 5.02 Å². The predicted molar refractivity (Wildman–Crippen MR) is 65.7 cm³/mol. The van der Waals surface area contributed by atoms with Gasteiger partial charge in [0.2, 0.25) is 0 Å². The van der Waals surface area contributed by atoms with E-state index in [9.17, 15) is 9.59 Å². The smallest absolute Gasteiger partial charge is 0.326 e. The molecule has 0 saturated carbocycles. The molecule has 1 aromatic heterocycles. The molecule has 0 radical (unpaired) electrons. The first-order valence-corrected chi connectivity index (χ1v) is 6.04. The van der Waals surface area contributed by atoms with E-state index in [1.807, 2.05) is 0 Å². The van der Waals surface area contributed by atoms with Crippen LogP contribution in [0, 0.1) is 6.92 Å². The number of pyridine rings is 1. The third kappa shape index (κ3) is 2.31. The van der Waals surface area contributed by atoms with E-state index in [0.717, 1.165) is 0 Å². The number of hydrogen-bond donors (Lipinski definition) is 1. The third-order valence-corrected chi connectivity index (χ3v) is 3.33. The molecule has 6 heteroatoms. The van der Waals surface area contributed by atoms with Crippen molar-refractivity contribution in [2.75, 3.05) is 6.54 Å². The fourth-order valence-electron chi connectivity index (χ4n) is 2.11. The second kappa shape index (κ2) is 4.94. The van der Waals surface area contributed by atoms with Gasteiger partial charge in [-0.15, -0.1) is 0 Å². The van der Waals surface area contributed by atoms with E-state index in [0.29, 0.717) is 30.1 Å². The summed E-state index contributed by atoms with van der Waals surface area (Å²) in [7, 11) is 0. The Morgan fingerprint density at radius 1 is 1.56 bits per heavy atom. The quantitative estimate of drug-likeness (QED) is 0.887. The Morgan fingerprint density at radius 3 is 2.89 bits per heavy atom. The van der Waals surface area contributed by atoms with Crippen molar-refractivity contribution >= 4 is 23.5 Å². The van der Waals surface area contributed by atoms with E-state index in [-0.39, 0.29) is 11.5 Å². The number of aryl methyl sites for hydroxylation is 1. The summed E-state index contributed by atoms with van der Waals surface area (Å²) in [5.41, 5.74) is 0.975. The van der Waals surface area contributed by atoms with E-state index >= 15 is 0 Å². The number of carbonyl (C=O) groups excluding carboxylic acids is 1. The number of carbonyl (C=O) groups is 2. The number of rotatable bonds is 2. The first-order chi connectivity index (χ1) is 8.50. The zero-order chi connectivity index (χ0) is 13.3. The molecular formula is C12H13ClN2O3. The van der Waals surface area contributed by atoms with E-state index in [2.05, 4.69) is 4.98 Å². The summed E-state index contributed by atoms with van der Waals surface area (Å²) >= 11 is 6.00. The van der Waals surface area contributed by atoms with Gasteiger partial charge in [-0.1, -0.05) is 11.6 Å². The second-order valence-corrected chi connectivity index (χ2v) is 4.71. The van der Waals surface area contributed by atoms with Crippen LogP contribution in [0.1, 0.15) is 28.9 Å². The van der Waals surface area contributed by atoms with Crippen LogP contribution in [0.3, 0.4) is 0 Å². The number of hydrogen-bond acceptors (Lipinski definition) is 3. The maximum atomic E-state index is 12.2. The molecule has 2 heterocycles. The molecule has 1 aliphatic rings. The van der Waals surface area contributed by atoms with E-state index in [4.69, 9.17) is 16.7 Å². The maximum Gasteiger partial charge on any atom is 0.326 e. The van der Waals surface area contributed by atoms with E-state index < -0.39 is 12.0 Å². The van der Waals surface area contributed by atoms with Crippen molar-refractivity contribution in [2.45, 2.75) is 25.8 Å². The molecule has 1 aromatic rings. The number of likely N-dealkylation sites (tertiary alicyclic amines) is 1. The zero-order valence-electron chi connectivity index (χ0n) is 9.89. The summed E-state index contributed by atoms with van der Waals surface area (Å²) in [4.78, 5) is 28.6. The Balaban J connectivity index is 2.28.